The molecule has 4 nitrogen and oxygen atoms in total. The fourth-order valence-corrected chi connectivity index (χ4v) is 1.52. The van der Waals surface area contributed by atoms with Gasteiger partial charge in [0, 0.05) is 13.5 Å². The van der Waals surface area contributed by atoms with E-state index in [1.807, 2.05) is 0 Å². The molecule has 5 heteroatoms. The number of benzene rings is 1. The summed E-state index contributed by atoms with van der Waals surface area (Å²) in [6, 6.07) is 4.70. The summed E-state index contributed by atoms with van der Waals surface area (Å²) in [5, 5.41) is 8.65. The maximum atomic E-state index is 13.5. The van der Waals surface area contributed by atoms with E-state index >= 15 is 0 Å². The molecule has 0 spiro atoms. The number of methoxy groups -OCH3 is 1. The Morgan fingerprint density at radius 2 is 1.90 bits per heavy atom. The van der Waals surface area contributed by atoms with Gasteiger partial charge in [-0.05, 0) is 17.7 Å². The second kappa shape index (κ2) is 11.2. The second-order valence-corrected chi connectivity index (χ2v) is 4.25. The highest BCUT2D eigenvalue weighted by Gasteiger charge is 2.01. The molecular formula is C16H21FO4. The van der Waals surface area contributed by atoms with Crippen LogP contribution in [0.25, 0.3) is 0 Å². The Hall–Kier alpha value is -1.45. The average Bonchev–Trinajstić information content (AvgIpc) is 2.49. The van der Waals surface area contributed by atoms with Crippen LogP contribution in [-0.4, -0.2) is 45.3 Å². The first-order valence-corrected chi connectivity index (χ1v) is 6.80. The van der Waals surface area contributed by atoms with Crippen LogP contribution in [0.3, 0.4) is 0 Å². The zero-order chi connectivity index (χ0) is 15.3. The van der Waals surface area contributed by atoms with Gasteiger partial charge in [0.25, 0.3) is 0 Å². The highest BCUT2D eigenvalue weighted by molar-refractivity contribution is 5.38. The molecule has 0 heterocycles. The summed E-state index contributed by atoms with van der Waals surface area (Å²) in [5.74, 6) is 5.03. The molecule has 0 aromatic heterocycles. The Kier molecular flexibility index (Phi) is 9.42. The van der Waals surface area contributed by atoms with Crippen molar-refractivity contribution in [1.29, 1.82) is 0 Å². The molecule has 0 aliphatic heterocycles. The summed E-state index contributed by atoms with van der Waals surface area (Å²) in [4.78, 5) is 0. The van der Waals surface area contributed by atoms with Crippen molar-refractivity contribution in [3.8, 4) is 11.8 Å². The van der Waals surface area contributed by atoms with Gasteiger partial charge in [-0.2, -0.15) is 0 Å². The molecule has 0 atom stereocenters. The first-order chi connectivity index (χ1) is 10.3. The Balaban J connectivity index is 2.35. The van der Waals surface area contributed by atoms with Crippen molar-refractivity contribution >= 4 is 0 Å². The Morgan fingerprint density at radius 3 is 2.67 bits per heavy atom. The molecule has 0 fully saturated rings. The number of halogens is 1. The molecule has 0 radical (unpaired) electrons. The lowest BCUT2D eigenvalue weighted by Gasteiger charge is -2.06. The van der Waals surface area contributed by atoms with Crippen LogP contribution in [-0.2, 0) is 20.8 Å². The maximum absolute atomic E-state index is 13.5. The van der Waals surface area contributed by atoms with Crippen LogP contribution in [0.5, 0.6) is 0 Å². The molecule has 0 unspecified atom stereocenters. The first kappa shape index (κ1) is 17.6. The second-order valence-electron chi connectivity index (χ2n) is 4.25. The average molecular weight is 296 g/mol. The molecule has 1 aromatic rings. The summed E-state index contributed by atoms with van der Waals surface area (Å²) in [7, 11) is 1.62. The minimum absolute atomic E-state index is 0.0273. The normalized spacial score (nSPS) is 10.2. The molecule has 0 amide bonds. The van der Waals surface area contributed by atoms with Gasteiger partial charge in [-0.25, -0.2) is 4.39 Å². The van der Waals surface area contributed by atoms with E-state index in [-0.39, 0.29) is 12.4 Å². The fraction of sp³-hybridized carbons (Fsp3) is 0.500. The van der Waals surface area contributed by atoms with Crippen LogP contribution in [0, 0.1) is 17.7 Å². The molecule has 1 rings (SSSR count). The van der Waals surface area contributed by atoms with Gasteiger partial charge in [0.2, 0.25) is 0 Å². The summed E-state index contributed by atoms with van der Waals surface area (Å²) in [6.07, 6.45) is 0.332. The van der Waals surface area contributed by atoms with Crippen LogP contribution >= 0.6 is 0 Å². The smallest absolute Gasteiger partial charge is 0.138 e. The van der Waals surface area contributed by atoms with Crippen LogP contribution in [0.15, 0.2) is 18.2 Å². The molecule has 0 saturated carbocycles. The monoisotopic (exact) mass is 296 g/mol. The Morgan fingerprint density at radius 1 is 1.14 bits per heavy atom. The number of rotatable bonds is 9. The summed E-state index contributed by atoms with van der Waals surface area (Å²) < 4.78 is 29.1. The zero-order valence-electron chi connectivity index (χ0n) is 12.2. The van der Waals surface area contributed by atoms with E-state index in [0.29, 0.717) is 45.0 Å². The van der Waals surface area contributed by atoms with Crippen LogP contribution < -0.4 is 0 Å². The number of ether oxygens (including phenoxy) is 3. The minimum Gasteiger partial charge on any atom is -0.395 e. The van der Waals surface area contributed by atoms with E-state index in [2.05, 4.69) is 11.8 Å². The first-order valence-electron chi connectivity index (χ1n) is 6.80. The van der Waals surface area contributed by atoms with Crippen molar-refractivity contribution in [1.82, 2.24) is 0 Å². The number of aliphatic hydroxyl groups is 1. The fourth-order valence-electron chi connectivity index (χ4n) is 1.52. The molecule has 0 saturated heterocycles. The largest absolute Gasteiger partial charge is 0.395 e. The zero-order valence-corrected chi connectivity index (χ0v) is 12.2. The lowest BCUT2D eigenvalue weighted by molar-refractivity contribution is 0.0199. The molecule has 1 aromatic carbocycles. The molecule has 0 bridgehead atoms. The van der Waals surface area contributed by atoms with Crippen molar-refractivity contribution in [2.24, 2.45) is 0 Å². The van der Waals surface area contributed by atoms with Gasteiger partial charge in [-0.1, -0.05) is 17.9 Å². The topological polar surface area (TPSA) is 47.9 Å². The van der Waals surface area contributed by atoms with Crippen molar-refractivity contribution in [3.05, 3.63) is 35.1 Å². The third-order valence-electron chi connectivity index (χ3n) is 2.56. The quantitative estimate of drug-likeness (QED) is 0.557. The Bertz CT molecular complexity index is 465. The van der Waals surface area contributed by atoms with Crippen LogP contribution in [0.2, 0.25) is 0 Å². The maximum Gasteiger partial charge on any atom is 0.138 e. The highest BCUT2D eigenvalue weighted by atomic mass is 19.1. The van der Waals surface area contributed by atoms with Gasteiger partial charge in [0.1, 0.15) is 5.82 Å². The lowest BCUT2D eigenvalue weighted by atomic mass is 10.1. The molecule has 1 N–H and O–H groups in total. The highest BCUT2D eigenvalue weighted by Crippen LogP contribution is 2.10. The molecule has 0 aliphatic carbocycles. The summed E-state index contributed by atoms with van der Waals surface area (Å²) >= 11 is 0. The van der Waals surface area contributed by atoms with Crippen molar-refractivity contribution in [2.75, 3.05) is 40.1 Å². The third-order valence-corrected chi connectivity index (χ3v) is 2.56. The molecule has 0 aliphatic rings. The van der Waals surface area contributed by atoms with E-state index in [4.69, 9.17) is 19.3 Å². The number of hydrogen-bond donors (Lipinski definition) is 1. The van der Waals surface area contributed by atoms with Gasteiger partial charge >= 0.3 is 0 Å². The Labute approximate surface area is 124 Å². The minimum atomic E-state index is -0.368. The van der Waals surface area contributed by atoms with Gasteiger partial charge in [-0.3, -0.25) is 0 Å². The molecule has 116 valence electrons. The lowest BCUT2D eigenvalue weighted by Crippen LogP contribution is -2.08. The SMILES string of the molecule is COCCOCCOCc1ccc(F)c(C#CCCO)c1. The number of hydrogen-bond acceptors (Lipinski definition) is 4. The van der Waals surface area contributed by atoms with E-state index < -0.39 is 0 Å². The van der Waals surface area contributed by atoms with Crippen LogP contribution in [0.4, 0.5) is 4.39 Å². The van der Waals surface area contributed by atoms with Crippen molar-refractivity contribution in [2.45, 2.75) is 13.0 Å². The van der Waals surface area contributed by atoms with E-state index in [1.54, 1.807) is 19.2 Å². The summed E-state index contributed by atoms with van der Waals surface area (Å²) in [6.45, 7) is 2.41. The van der Waals surface area contributed by atoms with Gasteiger partial charge in [0.15, 0.2) is 0 Å². The van der Waals surface area contributed by atoms with Gasteiger partial charge in [-0.15, -0.1) is 0 Å². The predicted octanol–water partition coefficient (Wildman–Crippen LogP) is 1.74. The van der Waals surface area contributed by atoms with E-state index in [1.165, 1.54) is 6.07 Å². The molecular weight excluding hydrogens is 275 g/mol. The van der Waals surface area contributed by atoms with E-state index in [9.17, 15) is 4.39 Å². The van der Waals surface area contributed by atoms with Gasteiger partial charge < -0.3 is 19.3 Å². The van der Waals surface area contributed by atoms with Crippen molar-refractivity contribution < 1.29 is 23.7 Å². The van der Waals surface area contributed by atoms with Crippen LogP contribution in [0.1, 0.15) is 17.5 Å². The number of aliphatic hydroxyl groups excluding tert-OH is 1. The molecule has 21 heavy (non-hydrogen) atoms. The van der Waals surface area contributed by atoms with E-state index in [0.717, 1.165) is 5.56 Å². The van der Waals surface area contributed by atoms with Gasteiger partial charge in [0.05, 0.1) is 45.2 Å². The predicted molar refractivity (Wildman–Crippen MR) is 77.3 cm³/mol. The summed E-state index contributed by atoms with van der Waals surface area (Å²) in [5.41, 5.74) is 1.17. The standard InChI is InChI=1S/C16H21FO4/c1-19-8-9-20-10-11-21-13-14-5-6-16(17)15(12-14)4-2-3-7-18/h5-6,12,18H,3,7-11,13H2,1H3. The third kappa shape index (κ3) is 7.78. The van der Waals surface area contributed by atoms with Crippen molar-refractivity contribution in [3.63, 3.8) is 0 Å².